The minimum atomic E-state index is -4.50. The number of carbonyl (C=O) groups excluding carboxylic acids is 1. The fraction of sp³-hybridized carbons (Fsp3) is 0.350. The van der Waals surface area contributed by atoms with Gasteiger partial charge in [0.15, 0.2) is 0 Å². The summed E-state index contributed by atoms with van der Waals surface area (Å²) in [5.74, 6) is -1.10. The number of benzene rings is 2. The summed E-state index contributed by atoms with van der Waals surface area (Å²) in [6.07, 6.45) is -3.02. The number of alkyl halides is 3. The quantitative estimate of drug-likeness (QED) is 0.776. The van der Waals surface area contributed by atoms with E-state index in [1.54, 1.807) is 0 Å². The Labute approximate surface area is 154 Å². The van der Waals surface area contributed by atoms with Crippen molar-refractivity contribution in [2.45, 2.75) is 38.0 Å². The molecule has 1 heterocycles. The van der Waals surface area contributed by atoms with Gasteiger partial charge in [0, 0.05) is 12.1 Å². The summed E-state index contributed by atoms with van der Waals surface area (Å²) in [6, 6.07) is 8.41. The highest BCUT2D eigenvalue weighted by Crippen LogP contribution is 2.33. The molecule has 1 saturated heterocycles. The van der Waals surface area contributed by atoms with Gasteiger partial charge in [0.25, 0.3) is 5.91 Å². The molecule has 0 radical (unpaired) electrons. The van der Waals surface area contributed by atoms with Gasteiger partial charge < -0.3 is 10.6 Å². The molecule has 2 atom stereocenters. The Morgan fingerprint density at radius 1 is 1.19 bits per heavy atom. The maximum absolute atomic E-state index is 13.8. The first-order valence-electron chi connectivity index (χ1n) is 8.75. The number of piperidine rings is 1. The lowest BCUT2D eigenvalue weighted by Crippen LogP contribution is -2.46. The normalized spacial score (nSPS) is 20.3. The van der Waals surface area contributed by atoms with E-state index >= 15 is 0 Å². The maximum Gasteiger partial charge on any atom is 0.416 e. The Balaban J connectivity index is 1.93. The largest absolute Gasteiger partial charge is 0.416 e. The van der Waals surface area contributed by atoms with Crippen molar-refractivity contribution < 1.29 is 22.4 Å². The minimum Gasteiger partial charge on any atom is -0.349 e. The Hall–Kier alpha value is -2.41. The lowest BCUT2D eigenvalue weighted by atomic mass is 9.96. The van der Waals surface area contributed by atoms with Crippen molar-refractivity contribution in [1.29, 1.82) is 0 Å². The molecule has 0 spiro atoms. The molecule has 7 heteroatoms. The van der Waals surface area contributed by atoms with Crippen molar-refractivity contribution in [3.05, 3.63) is 59.4 Å². The third-order valence-corrected chi connectivity index (χ3v) is 4.69. The monoisotopic (exact) mass is 380 g/mol. The third-order valence-electron chi connectivity index (χ3n) is 4.69. The van der Waals surface area contributed by atoms with E-state index in [1.807, 2.05) is 6.92 Å². The van der Waals surface area contributed by atoms with Crippen LogP contribution in [-0.2, 0) is 6.18 Å². The SMILES string of the molecule is CC1CC(NC(=O)c2cc(F)ccc2-c2cccc(C(F)(F)F)c2)CCN1. The molecule has 0 aromatic heterocycles. The first-order valence-corrected chi connectivity index (χ1v) is 8.75. The molecule has 2 N–H and O–H groups in total. The van der Waals surface area contributed by atoms with Crippen LogP contribution >= 0.6 is 0 Å². The van der Waals surface area contributed by atoms with Gasteiger partial charge in [-0.3, -0.25) is 4.79 Å². The van der Waals surface area contributed by atoms with E-state index in [0.29, 0.717) is 0 Å². The molecule has 0 saturated carbocycles. The molecule has 0 bridgehead atoms. The minimum absolute atomic E-state index is 0.0283. The number of nitrogens with one attached hydrogen (secondary N) is 2. The van der Waals surface area contributed by atoms with Crippen LogP contribution < -0.4 is 10.6 Å². The summed E-state index contributed by atoms with van der Waals surface area (Å²) in [5.41, 5.74) is -0.306. The van der Waals surface area contributed by atoms with Crippen LogP contribution in [0.5, 0.6) is 0 Å². The lowest BCUT2D eigenvalue weighted by molar-refractivity contribution is -0.137. The number of hydrogen-bond donors (Lipinski definition) is 2. The highest BCUT2D eigenvalue weighted by atomic mass is 19.4. The second-order valence-electron chi connectivity index (χ2n) is 6.82. The molecule has 1 fully saturated rings. The molecule has 0 aliphatic carbocycles. The van der Waals surface area contributed by atoms with Gasteiger partial charge in [-0.05, 0) is 61.7 Å². The van der Waals surface area contributed by atoms with E-state index in [4.69, 9.17) is 0 Å². The molecular formula is C20H20F4N2O. The zero-order valence-electron chi connectivity index (χ0n) is 14.7. The van der Waals surface area contributed by atoms with Gasteiger partial charge in [-0.25, -0.2) is 4.39 Å². The Morgan fingerprint density at radius 3 is 2.67 bits per heavy atom. The Kier molecular flexibility index (Phi) is 5.51. The molecule has 2 unspecified atom stereocenters. The summed E-state index contributed by atoms with van der Waals surface area (Å²) >= 11 is 0. The standard InChI is InChI=1S/C20H20F4N2O/c1-12-9-16(7-8-25-12)26-19(27)18-11-15(21)5-6-17(18)13-3-2-4-14(10-13)20(22,23)24/h2-6,10-12,16,25H,7-9H2,1H3,(H,26,27). The van der Waals surface area contributed by atoms with E-state index in [0.717, 1.165) is 43.7 Å². The van der Waals surface area contributed by atoms with Crippen LogP contribution in [0.3, 0.4) is 0 Å². The number of halogens is 4. The molecule has 3 nitrogen and oxygen atoms in total. The van der Waals surface area contributed by atoms with Crippen LogP contribution in [0.4, 0.5) is 17.6 Å². The van der Waals surface area contributed by atoms with Gasteiger partial charge >= 0.3 is 6.18 Å². The predicted octanol–water partition coefficient (Wildman–Crippen LogP) is 4.38. The molecule has 2 aromatic carbocycles. The topological polar surface area (TPSA) is 41.1 Å². The molecule has 1 aliphatic heterocycles. The van der Waals surface area contributed by atoms with Crippen molar-refractivity contribution in [2.24, 2.45) is 0 Å². The second-order valence-corrected chi connectivity index (χ2v) is 6.82. The highest BCUT2D eigenvalue weighted by Gasteiger charge is 2.31. The number of carbonyl (C=O) groups is 1. The van der Waals surface area contributed by atoms with Crippen molar-refractivity contribution in [1.82, 2.24) is 10.6 Å². The zero-order chi connectivity index (χ0) is 19.6. The predicted molar refractivity (Wildman–Crippen MR) is 94.8 cm³/mol. The summed E-state index contributed by atoms with van der Waals surface area (Å²) in [6.45, 7) is 2.77. The van der Waals surface area contributed by atoms with Crippen LogP contribution in [0.15, 0.2) is 42.5 Å². The lowest BCUT2D eigenvalue weighted by Gasteiger charge is -2.29. The fourth-order valence-corrected chi connectivity index (χ4v) is 3.35. The summed E-state index contributed by atoms with van der Waals surface area (Å²) < 4.78 is 52.8. The van der Waals surface area contributed by atoms with Crippen LogP contribution in [-0.4, -0.2) is 24.5 Å². The van der Waals surface area contributed by atoms with E-state index in [9.17, 15) is 22.4 Å². The molecule has 2 aromatic rings. The summed E-state index contributed by atoms with van der Waals surface area (Å²) in [7, 11) is 0. The van der Waals surface area contributed by atoms with Crippen LogP contribution in [0.25, 0.3) is 11.1 Å². The molecule has 27 heavy (non-hydrogen) atoms. The Bertz CT molecular complexity index is 835. The van der Waals surface area contributed by atoms with Gasteiger partial charge in [-0.1, -0.05) is 18.2 Å². The smallest absolute Gasteiger partial charge is 0.349 e. The van der Waals surface area contributed by atoms with Crippen LogP contribution in [0.2, 0.25) is 0 Å². The van der Waals surface area contributed by atoms with Crippen molar-refractivity contribution in [2.75, 3.05) is 6.54 Å². The van der Waals surface area contributed by atoms with Crippen LogP contribution in [0, 0.1) is 5.82 Å². The summed E-state index contributed by atoms with van der Waals surface area (Å²) in [5, 5.41) is 6.15. The highest BCUT2D eigenvalue weighted by molar-refractivity contribution is 6.01. The van der Waals surface area contributed by atoms with Crippen molar-refractivity contribution in [3.8, 4) is 11.1 Å². The van der Waals surface area contributed by atoms with E-state index < -0.39 is 23.5 Å². The van der Waals surface area contributed by atoms with Crippen molar-refractivity contribution in [3.63, 3.8) is 0 Å². The average molecular weight is 380 g/mol. The maximum atomic E-state index is 13.8. The first kappa shape index (κ1) is 19.4. The van der Waals surface area contributed by atoms with Gasteiger partial charge in [0.05, 0.1) is 11.1 Å². The third kappa shape index (κ3) is 4.66. The summed E-state index contributed by atoms with van der Waals surface area (Å²) in [4.78, 5) is 12.7. The van der Waals surface area contributed by atoms with E-state index in [-0.39, 0.29) is 28.8 Å². The van der Waals surface area contributed by atoms with Gasteiger partial charge in [-0.15, -0.1) is 0 Å². The molecule has 1 aliphatic rings. The first-order chi connectivity index (χ1) is 12.7. The molecule has 1 amide bonds. The molecule has 3 rings (SSSR count). The van der Waals surface area contributed by atoms with Crippen molar-refractivity contribution >= 4 is 5.91 Å². The number of amides is 1. The average Bonchev–Trinajstić information content (AvgIpc) is 2.61. The van der Waals surface area contributed by atoms with Gasteiger partial charge in [0.1, 0.15) is 5.82 Å². The zero-order valence-corrected chi connectivity index (χ0v) is 14.7. The van der Waals surface area contributed by atoms with E-state index in [1.165, 1.54) is 18.2 Å². The number of hydrogen-bond acceptors (Lipinski definition) is 2. The second kappa shape index (κ2) is 7.68. The molecule has 144 valence electrons. The van der Waals surface area contributed by atoms with Gasteiger partial charge in [-0.2, -0.15) is 13.2 Å². The number of rotatable bonds is 3. The fourth-order valence-electron chi connectivity index (χ4n) is 3.35. The van der Waals surface area contributed by atoms with E-state index in [2.05, 4.69) is 10.6 Å². The molecular weight excluding hydrogens is 360 g/mol. The van der Waals surface area contributed by atoms with Crippen LogP contribution in [0.1, 0.15) is 35.7 Å². The van der Waals surface area contributed by atoms with Gasteiger partial charge in [0.2, 0.25) is 0 Å². The Morgan fingerprint density at radius 2 is 1.96 bits per heavy atom.